The second kappa shape index (κ2) is 19.4. The lowest BCUT2D eigenvalue weighted by Crippen LogP contribution is -2.63. The third-order valence-electron chi connectivity index (χ3n) is 11.9. The van der Waals surface area contributed by atoms with Gasteiger partial charge in [0.2, 0.25) is 0 Å². The average molecular weight is 849 g/mol. The van der Waals surface area contributed by atoms with Crippen LogP contribution in [0.25, 0.3) is 0 Å². The minimum Gasteiger partial charge on any atom is -0.464 e. The molecule has 59 heavy (non-hydrogen) atoms. The molecule has 0 aromatic heterocycles. The van der Waals surface area contributed by atoms with Gasteiger partial charge in [-0.1, -0.05) is 29.8 Å². The number of piperazine rings is 1. The van der Waals surface area contributed by atoms with E-state index in [1.165, 1.54) is 15.9 Å². The molecule has 3 saturated heterocycles. The van der Waals surface area contributed by atoms with Gasteiger partial charge in [0.1, 0.15) is 6.04 Å². The van der Waals surface area contributed by atoms with E-state index in [2.05, 4.69) is 22.2 Å². The van der Waals surface area contributed by atoms with Gasteiger partial charge in [0.25, 0.3) is 5.91 Å². The molecule has 0 spiro atoms. The van der Waals surface area contributed by atoms with Gasteiger partial charge in [-0.2, -0.15) is 13.2 Å². The molecule has 0 unspecified atom stereocenters. The van der Waals surface area contributed by atoms with Gasteiger partial charge in [-0.05, 0) is 102 Å². The molecule has 2 atom stereocenters. The highest BCUT2D eigenvalue weighted by Gasteiger charge is 2.43. The fraction of sp³-hybridized carbons (Fsp3) is 0.610. The molecule has 0 radical (unpaired) electrons. The first-order valence-corrected chi connectivity index (χ1v) is 20.8. The summed E-state index contributed by atoms with van der Waals surface area (Å²) < 4.78 is 53.8. The van der Waals surface area contributed by atoms with Gasteiger partial charge in [-0.3, -0.25) is 9.69 Å². The number of esters is 1. The summed E-state index contributed by atoms with van der Waals surface area (Å²) in [5, 5.41) is 2.62. The minimum absolute atomic E-state index is 0.0256. The zero-order valence-corrected chi connectivity index (χ0v) is 34.8. The van der Waals surface area contributed by atoms with Crippen LogP contribution in [0.2, 0.25) is 5.02 Å². The van der Waals surface area contributed by atoms with E-state index >= 15 is 0 Å². The van der Waals surface area contributed by atoms with Gasteiger partial charge >= 0.3 is 24.3 Å². The summed E-state index contributed by atoms with van der Waals surface area (Å²) in [6.07, 6.45) is -3.84. The number of nitrogens with zero attached hydrogens (tertiary/aromatic N) is 6. The molecule has 3 fully saturated rings. The molecule has 14 nitrogen and oxygen atoms in total. The number of hydrogen-bond acceptors (Lipinski definition) is 10. The van der Waals surface area contributed by atoms with Gasteiger partial charge in [0, 0.05) is 70.0 Å². The number of nitrogens with one attached hydrogen (secondary N) is 1. The fourth-order valence-corrected chi connectivity index (χ4v) is 8.75. The predicted octanol–water partition coefficient (Wildman–Crippen LogP) is 4.65. The number of fused-ring (bicyclic) bond motifs is 1. The zero-order chi connectivity index (χ0) is 42.4. The van der Waals surface area contributed by atoms with Crippen LogP contribution >= 0.6 is 11.6 Å². The van der Waals surface area contributed by atoms with Crippen molar-refractivity contribution in [2.75, 3.05) is 97.7 Å². The number of anilines is 2. The zero-order valence-electron chi connectivity index (χ0n) is 34.0. The fourth-order valence-electron chi connectivity index (χ4n) is 8.51. The Bertz CT molecular complexity index is 1820. The average Bonchev–Trinajstić information content (AvgIpc) is 3.37. The smallest absolute Gasteiger partial charge is 0.418 e. The van der Waals surface area contributed by atoms with E-state index in [9.17, 15) is 32.3 Å². The number of rotatable bonds is 11. The molecule has 18 heteroatoms. The SMILES string of the molecule is CN(C)CCCOC(=O)[C@@H]1CN(C2CCN(C)CC2)CCN1C(=O)[C@@H](Cc1cc(Cl)c(N)c(C(F)(F)F)c1)OC(=O)N1CCC(N2CCc3ccccc3NC2=O)CC1. The lowest BCUT2D eigenvalue weighted by atomic mass is 9.99. The third-order valence-corrected chi connectivity index (χ3v) is 12.2. The number of nitrogen functional groups attached to an aromatic ring is 1. The minimum atomic E-state index is -4.84. The Kier molecular flexibility index (Phi) is 14.5. The highest BCUT2D eigenvalue weighted by atomic mass is 35.5. The normalized spacial score (nSPS) is 20.8. The molecule has 4 aliphatic rings. The molecule has 6 rings (SSSR count). The Balaban J connectivity index is 1.21. The van der Waals surface area contributed by atoms with Crippen molar-refractivity contribution in [3.63, 3.8) is 0 Å². The van der Waals surface area contributed by atoms with E-state index in [1.54, 1.807) is 4.90 Å². The quantitative estimate of drug-likeness (QED) is 0.187. The largest absolute Gasteiger partial charge is 0.464 e. The lowest BCUT2D eigenvalue weighted by Gasteiger charge is -2.45. The van der Waals surface area contributed by atoms with E-state index in [1.807, 2.05) is 43.3 Å². The maximum Gasteiger partial charge on any atom is 0.418 e. The predicted molar refractivity (Wildman–Crippen MR) is 217 cm³/mol. The molecule has 0 aliphatic carbocycles. The number of hydrogen-bond donors (Lipinski definition) is 2. The third kappa shape index (κ3) is 11.1. The number of halogens is 4. The molecular formula is C41H56ClF3N8O6. The molecule has 2 aromatic rings. The first-order chi connectivity index (χ1) is 28.1. The number of carbonyl (C=O) groups is 4. The van der Waals surface area contributed by atoms with Crippen LogP contribution in [0.5, 0.6) is 0 Å². The number of piperidine rings is 2. The molecule has 2 aromatic carbocycles. The standard InChI is InChI=1S/C41H56ClF3N8O6/c1-48(2)14-6-22-58-38(55)34-26-51(29-10-15-49(3)16-11-29)20-21-53(34)37(54)35(25-27-23-31(41(43,44)45)36(46)32(42)24-27)59-40(57)50-17-12-30(13-18-50)52-19-9-28-7-4-5-8-33(28)47-39(52)56/h4-5,7-8,23-24,29-30,34-35H,6,9-22,25-26,46H2,1-3H3,(H,47,56)/t34-,35+/m0/s1. The second-order valence-electron chi connectivity index (χ2n) is 16.3. The Morgan fingerprint density at radius 1 is 0.983 bits per heavy atom. The summed E-state index contributed by atoms with van der Waals surface area (Å²) in [5.41, 5.74) is 5.66. The van der Waals surface area contributed by atoms with Crippen LogP contribution in [-0.2, 0) is 38.1 Å². The van der Waals surface area contributed by atoms with Crippen LogP contribution in [0.3, 0.4) is 0 Å². The van der Waals surface area contributed by atoms with E-state index in [4.69, 9.17) is 26.8 Å². The second-order valence-corrected chi connectivity index (χ2v) is 16.7. The number of para-hydroxylation sites is 1. The van der Waals surface area contributed by atoms with Crippen molar-refractivity contribution in [2.24, 2.45) is 0 Å². The number of likely N-dealkylation sites (tertiary alicyclic amines) is 2. The summed E-state index contributed by atoms with van der Waals surface area (Å²) in [6, 6.07) is 8.44. The molecule has 4 amide bonds. The Hall–Kier alpha value is -4.32. The molecule has 0 saturated carbocycles. The highest BCUT2D eigenvalue weighted by Crippen LogP contribution is 2.38. The van der Waals surface area contributed by atoms with E-state index in [0.717, 1.165) is 43.2 Å². The van der Waals surface area contributed by atoms with E-state index in [0.29, 0.717) is 45.3 Å². The van der Waals surface area contributed by atoms with Crippen molar-refractivity contribution in [3.8, 4) is 0 Å². The first kappa shape index (κ1) is 44.2. The maximum absolute atomic E-state index is 14.7. The Morgan fingerprint density at radius 3 is 2.37 bits per heavy atom. The first-order valence-electron chi connectivity index (χ1n) is 20.4. The van der Waals surface area contributed by atoms with Crippen LogP contribution in [0.15, 0.2) is 36.4 Å². The van der Waals surface area contributed by atoms with Gasteiger partial charge in [-0.25, -0.2) is 14.4 Å². The maximum atomic E-state index is 14.7. The summed E-state index contributed by atoms with van der Waals surface area (Å²) in [5.74, 6) is -1.33. The van der Waals surface area contributed by atoms with Crippen molar-refractivity contribution >= 4 is 47.0 Å². The number of carbonyl (C=O) groups excluding carboxylic acids is 4. The van der Waals surface area contributed by atoms with Crippen LogP contribution in [0.1, 0.15) is 48.8 Å². The summed E-state index contributed by atoms with van der Waals surface area (Å²) >= 11 is 6.19. The van der Waals surface area contributed by atoms with Crippen LogP contribution in [0.4, 0.5) is 34.1 Å². The molecule has 0 bridgehead atoms. The molecular weight excluding hydrogens is 793 g/mol. The van der Waals surface area contributed by atoms with Crippen molar-refractivity contribution in [2.45, 2.75) is 75.4 Å². The van der Waals surface area contributed by atoms with Crippen LogP contribution in [0, 0.1) is 0 Å². The van der Waals surface area contributed by atoms with Gasteiger partial charge < -0.3 is 45.0 Å². The van der Waals surface area contributed by atoms with Crippen molar-refractivity contribution < 1.29 is 41.8 Å². The molecule has 4 aliphatic heterocycles. The molecule has 4 heterocycles. The summed E-state index contributed by atoms with van der Waals surface area (Å²) in [6.45, 7) is 4.28. The number of urea groups is 1. The number of alkyl halides is 3. The monoisotopic (exact) mass is 848 g/mol. The van der Waals surface area contributed by atoms with Crippen molar-refractivity contribution in [3.05, 3.63) is 58.1 Å². The van der Waals surface area contributed by atoms with Gasteiger partial charge in [0.15, 0.2) is 6.10 Å². The topological polar surface area (TPSA) is 144 Å². The van der Waals surface area contributed by atoms with Gasteiger partial charge in [0.05, 0.1) is 22.9 Å². The summed E-state index contributed by atoms with van der Waals surface area (Å²) in [7, 11) is 5.88. The summed E-state index contributed by atoms with van der Waals surface area (Å²) in [4.78, 5) is 66.6. The Morgan fingerprint density at radius 2 is 1.68 bits per heavy atom. The van der Waals surface area contributed by atoms with Crippen molar-refractivity contribution in [1.29, 1.82) is 0 Å². The van der Waals surface area contributed by atoms with Crippen LogP contribution < -0.4 is 11.1 Å². The number of nitrogens with two attached hydrogens (primary N) is 1. The molecule has 3 N–H and O–H groups in total. The van der Waals surface area contributed by atoms with Crippen molar-refractivity contribution in [1.82, 2.24) is 29.4 Å². The number of ether oxygens (including phenoxy) is 2. The van der Waals surface area contributed by atoms with E-state index in [-0.39, 0.29) is 61.5 Å². The number of amides is 4. The molecule has 324 valence electrons. The van der Waals surface area contributed by atoms with E-state index < -0.39 is 54.0 Å². The number of benzene rings is 2. The Labute approximate surface area is 348 Å². The highest BCUT2D eigenvalue weighted by molar-refractivity contribution is 6.33. The van der Waals surface area contributed by atoms with Gasteiger partial charge in [-0.15, -0.1) is 0 Å². The van der Waals surface area contributed by atoms with Crippen LogP contribution in [-0.4, -0.2) is 164 Å². The lowest BCUT2D eigenvalue weighted by molar-refractivity contribution is -0.163.